The van der Waals surface area contributed by atoms with E-state index in [0.717, 1.165) is 65.3 Å². The van der Waals surface area contributed by atoms with Crippen molar-refractivity contribution in [1.29, 1.82) is 0 Å². The van der Waals surface area contributed by atoms with Crippen LogP contribution in [0.2, 0.25) is 0 Å². The minimum absolute atomic E-state index is 0.208. The van der Waals surface area contributed by atoms with Gasteiger partial charge in [-0.15, -0.1) is 5.10 Å². The second-order valence-electron chi connectivity index (χ2n) is 11.3. The monoisotopic (exact) mass is 633 g/mol. The number of thiazole rings is 1. The molecule has 0 unspecified atom stereocenters. The van der Waals surface area contributed by atoms with E-state index >= 15 is 0 Å². The molecule has 3 aromatic carbocycles. The van der Waals surface area contributed by atoms with Crippen LogP contribution in [0.1, 0.15) is 64.4 Å². The van der Waals surface area contributed by atoms with Gasteiger partial charge < -0.3 is 9.47 Å². The Labute approximate surface area is 273 Å². The number of hydrogen-bond acceptors (Lipinski definition) is 7. The quantitative estimate of drug-likeness (QED) is 0.108. The van der Waals surface area contributed by atoms with Crippen LogP contribution >= 0.6 is 11.3 Å². The van der Waals surface area contributed by atoms with Crippen LogP contribution in [0.5, 0.6) is 11.5 Å². The van der Waals surface area contributed by atoms with Crippen molar-refractivity contribution in [2.75, 3.05) is 13.2 Å². The summed E-state index contributed by atoms with van der Waals surface area (Å²) in [6, 6.07) is 25.7. The molecular weight excluding hydrogens is 595 g/mol. The zero-order valence-electron chi connectivity index (χ0n) is 26.4. The van der Waals surface area contributed by atoms with Gasteiger partial charge in [0.15, 0.2) is 5.82 Å². The standard InChI is InChI=1S/C37H39N5O3S/c1-3-5-7-12-24-45-31-19-15-27(16-20-31)34-29(26-41(39-34)30-13-9-8-10-14-30)25-33-36(43)42-37(46-33)38-35(40-42)28-17-21-32(22-18-28)44-23-11-6-4-2/h8-10,13-22,25-26H,3-7,11-12,23-24H2,1-2H3/b33-25-. The maximum Gasteiger partial charge on any atom is 0.291 e. The number of ether oxygens (including phenoxy) is 2. The van der Waals surface area contributed by atoms with Gasteiger partial charge in [0.25, 0.3) is 5.56 Å². The highest BCUT2D eigenvalue weighted by atomic mass is 32.1. The smallest absolute Gasteiger partial charge is 0.291 e. The van der Waals surface area contributed by atoms with Crippen LogP contribution in [0.4, 0.5) is 0 Å². The summed E-state index contributed by atoms with van der Waals surface area (Å²) in [5, 5.41) is 9.48. The molecule has 0 saturated carbocycles. The van der Waals surface area contributed by atoms with Crippen molar-refractivity contribution in [3.05, 3.63) is 106 Å². The largest absolute Gasteiger partial charge is 0.494 e. The fourth-order valence-electron chi connectivity index (χ4n) is 5.20. The minimum atomic E-state index is -0.208. The molecule has 0 amide bonds. The average molecular weight is 634 g/mol. The molecule has 236 valence electrons. The molecule has 0 radical (unpaired) electrons. The number of benzene rings is 3. The number of fused-ring (bicyclic) bond motifs is 1. The highest BCUT2D eigenvalue weighted by molar-refractivity contribution is 7.15. The molecule has 3 heterocycles. The maximum atomic E-state index is 13.5. The molecule has 9 heteroatoms. The molecule has 0 bridgehead atoms. The number of hydrogen-bond donors (Lipinski definition) is 0. The summed E-state index contributed by atoms with van der Waals surface area (Å²) in [7, 11) is 0. The topological polar surface area (TPSA) is 83.5 Å². The predicted octanol–water partition coefficient (Wildman–Crippen LogP) is 7.75. The minimum Gasteiger partial charge on any atom is -0.494 e. The van der Waals surface area contributed by atoms with Crippen molar-refractivity contribution in [2.24, 2.45) is 0 Å². The van der Waals surface area contributed by atoms with Crippen LogP contribution in [0, 0.1) is 0 Å². The third kappa shape index (κ3) is 7.37. The van der Waals surface area contributed by atoms with E-state index in [1.54, 1.807) is 0 Å². The summed E-state index contributed by atoms with van der Waals surface area (Å²) in [5.74, 6) is 2.17. The molecule has 6 aromatic rings. The van der Waals surface area contributed by atoms with Gasteiger partial charge in [-0.3, -0.25) is 4.79 Å². The highest BCUT2D eigenvalue weighted by Crippen LogP contribution is 2.27. The molecule has 0 spiro atoms. The first-order chi connectivity index (χ1) is 22.6. The lowest BCUT2D eigenvalue weighted by atomic mass is 10.1. The van der Waals surface area contributed by atoms with E-state index in [2.05, 4.69) is 23.9 Å². The zero-order chi connectivity index (χ0) is 31.7. The van der Waals surface area contributed by atoms with Gasteiger partial charge >= 0.3 is 0 Å². The Morgan fingerprint density at radius 1 is 0.739 bits per heavy atom. The predicted molar refractivity (Wildman–Crippen MR) is 185 cm³/mol. The lowest BCUT2D eigenvalue weighted by Crippen LogP contribution is -2.23. The molecule has 0 fully saturated rings. The Hall–Kier alpha value is -4.76. The third-order valence-corrected chi connectivity index (χ3v) is 8.71. The van der Waals surface area contributed by atoms with E-state index in [9.17, 15) is 4.79 Å². The SMILES string of the molecule is CCCCCCOc1ccc(-c2nn(-c3ccccc3)cc2/C=c2\sc3nc(-c4ccc(OCCCCC)cc4)nn3c2=O)cc1. The number of para-hydroxylation sites is 1. The molecule has 0 atom stereocenters. The van der Waals surface area contributed by atoms with Crippen molar-refractivity contribution in [3.8, 4) is 39.8 Å². The summed E-state index contributed by atoms with van der Waals surface area (Å²) < 4.78 is 15.6. The van der Waals surface area contributed by atoms with E-state index in [-0.39, 0.29) is 5.56 Å². The number of nitrogens with zero attached hydrogens (tertiary/aromatic N) is 5. The first kappa shape index (κ1) is 31.2. The van der Waals surface area contributed by atoms with Crippen LogP contribution in [0.25, 0.3) is 39.4 Å². The summed E-state index contributed by atoms with van der Waals surface area (Å²) >= 11 is 1.32. The van der Waals surface area contributed by atoms with Gasteiger partial charge in [0.2, 0.25) is 4.96 Å². The molecule has 0 aliphatic carbocycles. The first-order valence-electron chi connectivity index (χ1n) is 16.2. The first-order valence-corrected chi connectivity index (χ1v) is 17.0. The number of unbranched alkanes of at least 4 members (excludes halogenated alkanes) is 5. The fourth-order valence-corrected chi connectivity index (χ4v) is 6.10. The average Bonchev–Trinajstić information content (AvgIpc) is 3.79. The van der Waals surface area contributed by atoms with Crippen LogP contribution in [-0.2, 0) is 0 Å². The molecule has 0 aliphatic rings. The van der Waals surface area contributed by atoms with Crippen LogP contribution in [-0.4, -0.2) is 37.6 Å². The normalized spacial score (nSPS) is 11.8. The van der Waals surface area contributed by atoms with Crippen LogP contribution in [0.15, 0.2) is 89.9 Å². The number of aromatic nitrogens is 5. The number of rotatable bonds is 15. The van der Waals surface area contributed by atoms with E-state index < -0.39 is 0 Å². The molecule has 0 N–H and O–H groups in total. The Balaban J connectivity index is 1.27. The van der Waals surface area contributed by atoms with Crippen LogP contribution in [0.3, 0.4) is 0 Å². The molecular formula is C37H39N5O3S. The Bertz CT molecular complexity index is 1960. The molecule has 8 nitrogen and oxygen atoms in total. The molecule has 0 aliphatic heterocycles. The molecule has 3 aromatic heterocycles. The van der Waals surface area contributed by atoms with Crippen molar-refractivity contribution >= 4 is 22.4 Å². The Morgan fingerprint density at radius 3 is 2.02 bits per heavy atom. The van der Waals surface area contributed by atoms with E-state index in [1.165, 1.54) is 35.1 Å². The second kappa shape index (κ2) is 15.0. The lowest BCUT2D eigenvalue weighted by molar-refractivity contribution is 0.305. The van der Waals surface area contributed by atoms with Crippen molar-refractivity contribution in [2.45, 2.75) is 58.8 Å². The van der Waals surface area contributed by atoms with Gasteiger partial charge in [0, 0.05) is 22.9 Å². The third-order valence-electron chi connectivity index (χ3n) is 7.76. The molecule has 46 heavy (non-hydrogen) atoms. The van der Waals surface area contributed by atoms with E-state index in [1.807, 2.05) is 95.8 Å². The molecule has 6 rings (SSSR count). The Kier molecular flexibility index (Phi) is 10.2. The zero-order valence-corrected chi connectivity index (χ0v) is 27.2. The van der Waals surface area contributed by atoms with Gasteiger partial charge in [-0.1, -0.05) is 75.5 Å². The summed E-state index contributed by atoms with van der Waals surface area (Å²) in [6.07, 6.45) is 11.9. The van der Waals surface area contributed by atoms with E-state index in [0.29, 0.717) is 28.5 Å². The van der Waals surface area contributed by atoms with Gasteiger partial charge in [0.05, 0.1) is 23.4 Å². The Morgan fingerprint density at radius 2 is 1.37 bits per heavy atom. The van der Waals surface area contributed by atoms with E-state index in [4.69, 9.17) is 14.6 Å². The lowest BCUT2D eigenvalue weighted by Gasteiger charge is -2.07. The van der Waals surface area contributed by atoms with Gasteiger partial charge in [0.1, 0.15) is 17.2 Å². The maximum absolute atomic E-state index is 13.5. The molecule has 0 saturated heterocycles. The second-order valence-corrected chi connectivity index (χ2v) is 12.3. The van der Waals surface area contributed by atoms with Gasteiger partial charge in [-0.2, -0.15) is 14.6 Å². The van der Waals surface area contributed by atoms with Crippen molar-refractivity contribution < 1.29 is 9.47 Å². The van der Waals surface area contributed by atoms with Gasteiger partial charge in [-0.25, -0.2) is 4.68 Å². The van der Waals surface area contributed by atoms with Crippen molar-refractivity contribution in [3.63, 3.8) is 0 Å². The summed E-state index contributed by atoms with van der Waals surface area (Å²) in [4.78, 5) is 18.7. The fraction of sp³-hybridized carbons (Fsp3) is 0.297. The highest BCUT2D eigenvalue weighted by Gasteiger charge is 2.15. The summed E-state index contributed by atoms with van der Waals surface area (Å²) in [6.45, 7) is 5.80. The summed E-state index contributed by atoms with van der Waals surface area (Å²) in [5.41, 5.74) is 4.10. The van der Waals surface area contributed by atoms with Crippen molar-refractivity contribution in [1.82, 2.24) is 24.4 Å². The van der Waals surface area contributed by atoms with Crippen LogP contribution < -0.4 is 19.6 Å². The van der Waals surface area contributed by atoms with Gasteiger partial charge in [-0.05, 0) is 79.6 Å².